The van der Waals surface area contributed by atoms with E-state index in [1.165, 1.54) is 27.4 Å². The Labute approximate surface area is 172 Å². The van der Waals surface area contributed by atoms with Crippen molar-refractivity contribution in [1.29, 1.82) is 0 Å². The number of amides is 1. The number of quaternary nitrogens is 1. The molecule has 2 atom stereocenters. The zero-order valence-corrected chi connectivity index (χ0v) is 17.3. The fraction of sp³-hybridized carbons (Fsp3) is 0.500. The maximum absolute atomic E-state index is 13.3. The Hall–Kier alpha value is -2.36. The molecule has 9 heteroatoms. The molecule has 2 unspecified atom stereocenters. The van der Waals surface area contributed by atoms with Crippen LogP contribution < -0.4 is 4.90 Å². The molecule has 0 aromatic carbocycles. The minimum atomic E-state index is -1.10. The van der Waals surface area contributed by atoms with Gasteiger partial charge in [-0.2, -0.15) is 0 Å². The van der Waals surface area contributed by atoms with Crippen LogP contribution in [0.3, 0.4) is 0 Å². The zero-order valence-electron chi connectivity index (χ0n) is 16.5. The molecular weight excluding hydrogens is 394 g/mol. The van der Waals surface area contributed by atoms with Crippen molar-refractivity contribution in [2.45, 2.75) is 19.9 Å². The molecule has 2 saturated heterocycles. The number of Topliss-reactive ketones (excluding diaryl/α,β-unsaturated/α-hetero) is 2. The van der Waals surface area contributed by atoms with Crippen LogP contribution >= 0.6 is 11.3 Å². The Bertz CT molecular complexity index is 917. The molecule has 2 aromatic heterocycles. The number of ketones is 2. The van der Waals surface area contributed by atoms with Crippen LogP contribution in [-0.2, 0) is 14.3 Å². The summed E-state index contributed by atoms with van der Waals surface area (Å²) in [6.45, 7) is 7.75. The highest BCUT2D eigenvalue weighted by Gasteiger charge is 2.53. The largest absolute Gasteiger partial charge is 0.467 e. The monoisotopic (exact) mass is 418 g/mol. The van der Waals surface area contributed by atoms with E-state index in [1.54, 1.807) is 19.1 Å². The van der Waals surface area contributed by atoms with Gasteiger partial charge in [0.25, 0.3) is 5.91 Å². The molecule has 4 rings (SSSR count). The fourth-order valence-corrected chi connectivity index (χ4v) is 4.99. The van der Waals surface area contributed by atoms with Crippen molar-refractivity contribution >= 4 is 28.8 Å². The molecule has 0 aliphatic carbocycles. The van der Waals surface area contributed by atoms with Crippen molar-refractivity contribution in [3.05, 3.63) is 39.7 Å². The lowest BCUT2D eigenvalue weighted by Crippen LogP contribution is -3.14. The Balaban J connectivity index is 1.63. The van der Waals surface area contributed by atoms with Gasteiger partial charge in [0, 0.05) is 0 Å². The van der Waals surface area contributed by atoms with Gasteiger partial charge in [-0.05, 0) is 26.0 Å². The molecule has 2 aliphatic rings. The van der Waals surface area contributed by atoms with E-state index in [4.69, 9.17) is 9.15 Å². The molecule has 4 heterocycles. The van der Waals surface area contributed by atoms with Crippen LogP contribution in [0.15, 0.2) is 22.8 Å². The number of aryl methyl sites for hydroxylation is 2. The first-order valence-electron chi connectivity index (χ1n) is 9.75. The van der Waals surface area contributed by atoms with Crippen molar-refractivity contribution in [2.24, 2.45) is 5.92 Å². The molecule has 0 spiro atoms. The quantitative estimate of drug-likeness (QED) is 0.410. The van der Waals surface area contributed by atoms with Gasteiger partial charge in [0.1, 0.15) is 30.8 Å². The average Bonchev–Trinajstić information content (AvgIpc) is 3.41. The maximum atomic E-state index is 13.3. The van der Waals surface area contributed by atoms with Crippen LogP contribution in [0.2, 0.25) is 0 Å². The number of furan rings is 1. The van der Waals surface area contributed by atoms with Crippen LogP contribution in [0.5, 0.6) is 0 Å². The van der Waals surface area contributed by atoms with Crippen LogP contribution in [0.1, 0.15) is 32.2 Å². The second-order valence-corrected chi connectivity index (χ2v) is 8.63. The highest BCUT2D eigenvalue weighted by Crippen LogP contribution is 2.39. The van der Waals surface area contributed by atoms with Gasteiger partial charge >= 0.3 is 0 Å². The first kappa shape index (κ1) is 19.9. The van der Waals surface area contributed by atoms with Gasteiger partial charge in [0.2, 0.25) is 5.78 Å². The van der Waals surface area contributed by atoms with E-state index in [1.807, 2.05) is 6.92 Å². The molecule has 1 amide bonds. The molecule has 1 N–H and O–H groups in total. The van der Waals surface area contributed by atoms with Gasteiger partial charge < -0.3 is 19.0 Å². The Morgan fingerprint density at radius 1 is 1.31 bits per heavy atom. The summed E-state index contributed by atoms with van der Waals surface area (Å²) in [5.74, 6) is -2.28. The number of nitrogens with one attached hydrogen (secondary N) is 1. The summed E-state index contributed by atoms with van der Waals surface area (Å²) in [7, 11) is 0. The SMILES string of the molecule is Cc1nc(C)c(C(=O)C2C(=O)C(=O)N(CC[NH+]3CCOCC3)C2c2ccco2)s1. The van der Waals surface area contributed by atoms with Crippen LogP contribution in [0, 0.1) is 19.8 Å². The van der Waals surface area contributed by atoms with Gasteiger partial charge in [-0.1, -0.05) is 0 Å². The van der Waals surface area contributed by atoms with Crippen molar-refractivity contribution < 1.29 is 28.4 Å². The smallest absolute Gasteiger partial charge is 0.291 e. The fourth-order valence-electron chi connectivity index (χ4n) is 4.09. The highest BCUT2D eigenvalue weighted by molar-refractivity contribution is 7.13. The number of ether oxygens (including phenoxy) is 1. The third-order valence-electron chi connectivity index (χ3n) is 5.56. The number of carbonyl (C=O) groups is 3. The molecule has 2 fully saturated rings. The maximum Gasteiger partial charge on any atom is 0.291 e. The molecule has 0 saturated carbocycles. The van der Waals surface area contributed by atoms with Crippen LogP contribution in [0.4, 0.5) is 0 Å². The van der Waals surface area contributed by atoms with Crippen LogP contribution in [-0.4, -0.2) is 66.8 Å². The predicted octanol–water partition coefficient (Wildman–Crippen LogP) is 0.220. The third kappa shape index (κ3) is 3.77. The summed E-state index contributed by atoms with van der Waals surface area (Å²) in [5, 5.41) is 0.755. The normalized spacial score (nSPS) is 23.2. The van der Waals surface area contributed by atoms with Crippen molar-refractivity contribution in [3.8, 4) is 0 Å². The molecular formula is C20H24N3O5S+. The summed E-state index contributed by atoms with van der Waals surface area (Å²) in [5.41, 5.74) is 0.590. The predicted molar refractivity (Wildman–Crippen MR) is 104 cm³/mol. The lowest BCUT2D eigenvalue weighted by molar-refractivity contribution is -0.907. The summed E-state index contributed by atoms with van der Waals surface area (Å²) in [6.07, 6.45) is 1.50. The molecule has 0 radical (unpaired) electrons. The summed E-state index contributed by atoms with van der Waals surface area (Å²) < 4.78 is 10.9. The molecule has 29 heavy (non-hydrogen) atoms. The molecule has 2 aromatic rings. The molecule has 2 aliphatic heterocycles. The van der Waals surface area contributed by atoms with Crippen LogP contribution in [0.25, 0.3) is 0 Å². The zero-order chi connectivity index (χ0) is 20.5. The number of morpholine rings is 1. The standard InChI is InChI=1S/C20H23N3O5S/c1-12-19(29-13(2)21-12)17(24)15-16(14-4-3-9-28-14)23(20(26)18(15)25)6-5-22-7-10-27-11-8-22/h3-4,9,15-16H,5-8,10-11H2,1-2H3/p+1. The van der Waals surface area contributed by atoms with Gasteiger partial charge in [-0.25, -0.2) is 4.98 Å². The first-order chi connectivity index (χ1) is 14.0. The average molecular weight is 418 g/mol. The second-order valence-electron chi connectivity index (χ2n) is 7.42. The number of thiazole rings is 1. The second kappa shape index (κ2) is 8.17. The summed E-state index contributed by atoms with van der Waals surface area (Å²) >= 11 is 1.26. The number of aromatic nitrogens is 1. The topological polar surface area (TPSA) is 94.1 Å². The van der Waals surface area contributed by atoms with E-state index in [0.717, 1.165) is 18.1 Å². The van der Waals surface area contributed by atoms with E-state index in [9.17, 15) is 14.4 Å². The third-order valence-corrected chi connectivity index (χ3v) is 6.64. The Kier molecular flexibility index (Phi) is 5.62. The first-order valence-corrected chi connectivity index (χ1v) is 10.6. The van der Waals surface area contributed by atoms with E-state index >= 15 is 0 Å². The number of hydrogen-bond donors (Lipinski definition) is 1. The van der Waals surface area contributed by atoms with Crippen molar-refractivity contribution in [1.82, 2.24) is 9.88 Å². The lowest BCUT2D eigenvalue weighted by atomic mass is 9.91. The van der Waals surface area contributed by atoms with E-state index in [0.29, 0.717) is 42.6 Å². The minimum Gasteiger partial charge on any atom is -0.467 e. The number of likely N-dealkylation sites (tertiary alicyclic amines) is 1. The number of nitrogens with zero attached hydrogens (tertiary/aromatic N) is 2. The van der Waals surface area contributed by atoms with E-state index in [-0.39, 0.29) is 5.78 Å². The van der Waals surface area contributed by atoms with Gasteiger partial charge in [-0.3, -0.25) is 14.4 Å². The lowest BCUT2D eigenvalue weighted by Gasteiger charge is -2.28. The van der Waals surface area contributed by atoms with Crippen molar-refractivity contribution in [3.63, 3.8) is 0 Å². The van der Waals surface area contributed by atoms with E-state index in [2.05, 4.69) is 4.98 Å². The van der Waals surface area contributed by atoms with E-state index < -0.39 is 23.7 Å². The summed E-state index contributed by atoms with van der Waals surface area (Å²) in [4.78, 5) is 46.6. The van der Waals surface area contributed by atoms with Gasteiger partial charge in [0.05, 0.1) is 48.1 Å². The summed E-state index contributed by atoms with van der Waals surface area (Å²) in [6, 6.07) is 2.70. The highest BCUT2D eigenvalue weighted by atomic mass is 32.1. The number of carbonyl (C=O) groups excluding carboxylic acids is 3. The Morgan fingerprint density at radius 3 is 2.69 bits per heavy atom. The molecule has 8 nitrogen and oxygen atoms in total. The number of rotatable bonds is 6. The van der Waals surface area contributed by atoms with Crippen molar-refractivity contribution in [2.75, 3.05) is 39.4 Å². The minimum absolute atomic E-state index is 0.353. The number of hydrogen-bond acceptors (Lipinski definition) is 7. The van der Waals surface area contributed by atoms with Gasteiger partial charge in [0.15, 0.2) is 5.78 Å². The molecule has 154 valence electrons. The molecule has 0 bridgehead atoms. The Morgan fingerprint density at radius 2 is 2.07 bits per heavy atom. The van der Waals surface area contributed by atoms with Gasteiger partial charge in [-0.15, -0.1) is 11.3 Å².